The van der Waals surface area contributed by atoms with E-state index < -0.39 is 0 Å². The highest BCUT2D eigenvalue weighted by molar-refractivity contribution is 4.87. The van der Waals surface area contributed by atoms with Gasteiger partial charge in [0.05, 0.1) is 6.07 Å². The summed E-state index contributed by atoms with van der Waals surface area (Å²) in [4.78, 5) is 0. The van der Waals surface area contributed by atoms with Gasteiger partial charge in [0.25, 0.3) is 0 Å². The molecule has 1 heteroatoms. The fraction of sp³-hybridized carbons (Fsp3) is 0.944. The first-order chi connectivity index (χ1) is 9.31. The molecule has 0 atom stereocenters. The minimum Gasteiger partial charge on any atom is -0.198 e. The maximum Gasteiger partial charge on any atom is 0.0655 e. The molecule has 2 aliphatic rings. The second-order valence-corrected chi connectivity index (χ2v) is 7.10. The van der Waals surface area contributed by atoms with Crippen LogP contribution in [0.15, 0.2) is 0 Å². The quantitative estimate of drug-likeness (QED) is 0.622. The van der Waals surface area contributed by atoms with Gasteiger partial charge in [-0.3, -0.25) is 0 Å². The second kappa shape index (κ2) is 7.93. The van der Waals surface area contributed by atoms with Gasteiger partial charge in [0.2, 0.25) is 0 Å². The lowest BCUT2D eigenvalue weighted by Gasteiger charge is -2.30. The number of rotatable bonds is 5. The van der Waals surface area contributed by atoms with Gasteiger partial charge in [0, 0.05) is 5.92 Å². The summed E-state index contributed by atoms with van der Waals surface area (Å²) in [5.74, 6) is 3.40. The smallest absolute Gasteiger partial charge is 0.0655 e. The third kappa shape index (κ3) is 4.83. The Hall–Kier alpha value is -0.510. The second-order valence-electron chi connectivity index (χ2n) is 7.10. The van der Waals surface area contributed by atoms with Crippen LogP contribution in [0, 0.1) is 35.0 Å². The Morgan fingerprint density at radius 3 is 1.58 bits per heavy atom. The maximum atomic E-state index is 8.93. The Morgan fingerprint density at radius 1 is 0.737 bits per heavy atom. The molecule has 0 heterocycles. The first kappa shape index (κ1) is 14.9. The van der Waals surface area contributed by atoms with E-state index in [1.165, 1.54) is 77.0 Å². The van der Waals surface area contributed by atoms with E-state index in [-0.39, 0.29) is 0 Å². The first-order valence-corrected chi connectivity index (χ1v) is 8.71. The van der Waals surface area contributed by atoms with E-state index in [0.717, 1.165) is 17.8 Å². The van der Waals surface area contributed by atoms with E-state index >= 15 is 0 Å². The molecule has 0 radical (unpaired) electrons. The molecule has 2 saturated carbocycles. The van der Waals surface area contributed by atoms with Gasteiger partial charge in [-0.1, -0.05) is 58.3 Å². The summed E-state index contributed by atoms with van der Waals surface area (Å²) < 4.78 is 0. The molecule has 2 rings (SSSR count). The Labute approximate surface area is 119 Å². The van der Waals surface area contributed by atoms with Gasteiger partial charge in [0.1, 0.15) is 0 Å². The fourth-order valence-corrected chi connectivity index (χ4v) is 4.27. The van der Waals surface area contributed by atoms with E-state index in [1.807, 2.05) is 0 Å². The number of nitriles is 1. The van der Waals surface area contributed by atoms with Gasteiger partial charge in [-0.25, -0.2) is 0 Å². The molecule has 108 valence electrons. The molecule has 2 aliphatic carbocycles. The minimum absolute atomic E-state index is 0.376. The molecule has 0 amide bonds. The maximum absolute atomic E-state index is 8.93. The van der Waals surface area contributed by atoms with Crippen LogP contribution in [0.4, 0.5) is 0 Å². The van der Waals surface area contributed by atoms with Gasteiger partial charge >= 0.3 is 0 Å². The van der Waals surface area contributed by atoms with Crippen molar-refractivity contribution in [1.29, 1.82) is 5.26 Å². The summed E-state index contributed by atoms with van der Waals surface area (Å²) in [6.07, 6.45) is 16.7. The van der Waals surface area contributed by atoms with Crippen LogP contribution in [0.3, 0.4) is 0 Å². The molecular formula is C18H31N. The van der Waals surface area contributed by atoms with Gasteiger partial charge in [-0.05, 0) is 43.4 Å². The van der Waals surface area contributed by atoms with Crippen molar-refractivity contribution in [1.82, 2.24) is 0 Å². The molecule has 1 nitrogen and oxygen atoms in total. The molecule has 0 bridgehead atoms. The third-order valence-corrected chi connectivity index (χ3v) is 5.68. The van der Waals surface area contributed by atoms with E-state index in [9.17, 15) is 0 Å². The number of nitrogens with zero attached hydrogens (tertiary/aromatic N) is 1. The molecule has 0 N–H and O–H groups in total. The molecule has 19 heavy (non-hydrogen) atoms. The highest BCUT2D eigenvalue weighted by atomic mass is 14.3. The lowest BCUT2D eigenvalue weighted by atomic mass is 9.75. The Kier molecular flexibility index (Phi) is 6.21. The standard InChI is InChI=1S/C18H31N/c1-2-3-15-4-6-16(7-5-15)8-9-17-10-12-18(14-19)13-11-17/h15-18H,2-13H2,1H3. The number of hydrogen-bond acceptors (Lipinski definition) is 1. The fourth-order valence-electron chi connectivity index (χ4n) is 4.27. The van der Waals surface area contributed by atoms with Crippen LogP contribution in [-0.2, 0) is 0 Å². The molecule has 0 spiro atoms. The van der Waals surface area contributed by atoms with Crippen LogP contribution >= 0.6 is 0 Å². The summed E-state index contributed by atoms with van der Waals surface area (Å²) in [5.41, 5.74) is 0. The molecular weight excluding hydrogens is 230 g/mol. The van der Waals surface area contributed by atoms with Crippen LogP contribution < -0.4 is 0 Å². The normalized spacial score (nSPS) is 35.8. The van der Waals surface area contributed by atoms with Crippen LogP contribution in [0.1, 0.15) is 84.0 Å². The zero-order chi connectivity index (χ0) is 13.5. The predicted octanol–water partition coefficient (Wildman–Crippen LogP) is 5.70. The van der Waals surface area contributed by atoms with Crippen LogP contribution in [-0.4, -0.2) is 0 Å². The zero-order valence-electron chi connectivity index (χ0n) is 12.7. The predicted molar refractivity (Wildman–Crippen MR) is 80.7 cm³/mol. The van der Waals surface area contributed by atoms with Crippen molar-refractivity contribution in [3.8, 4) is 6.07 Å². The molecule has 0 aromatic carbocycles. The monoisotopic (exact) mass is 261 g/mol. The van der Waals surface area contributed by atoms with Gasteiger partial charge in [0.15, 0.2) is 0 Å². The van der Waals surface area contributed by atoms with Gasteiger partial charge in [-0.15, -0.1) is 0 Å². The average Bonchev–Trinajstić information content (AvgIpc) is 2.47. The molecule has 0 unspecified atom stereocenters. The number of hydrogen-bond donors (Lipinski definition) is 0. The average molecular weight is 261 g/mol. The van der Waals surface area contributed by atoms with E-state index in [4.69, 9.17) is 5.26 Å². The third-order valence-electron chi connectivity index (χ3n) is 5.68. The van der Waals surface area contributed by atoms with E-state index in [2.05, 4.69) is 13.0 Å². The minimum atomic E-state index is 0.376. The molecule has 0 aromatic rings. The van der Waals surface area contributed by atoms with Crippen molar-refractivity contribution in [2.45, 2.75) is 84.0 Å². The van der Waals surface area contributed by atoms with Crippen molar-refractivity contribution < 1.29 is 0 Å². The Balaban J connectivity index is 1.58. The Bertz CT molecular complexity index is 275. The van der Waals surface area contributed by atoms with Crippen LogP contribution in [0.5, 0.6) is 0 Å². The summed E-state index contributed by atoms with van der Waals surface area (Å²) in [6, 6.07) is 2.45. The van der Waals surface area contributed by atoms with Crippen molar-refractivity contribution >= 4 is 0 Å². The lowest BCUT2D eigenvalue weighted by molar-refractivity contribution is 0.222. The van der Waals surface area contributed by atoms with E-state index in [1.54, 1.807) is 0 Å². The van der Waals surface area contributed by atoms with Gasteiger partial charge < -0.3 is 0 Å². The molecule has 0 saturated heterocycles. The molecule has 0 aromatic heterocycles. The van der Waals surface area contributed by atoms with Crippen molar-refractivity contribution in [2.75, 3.05) is 0 Å². The Morgan fingerprint density at radius 2 is 1.16 bits per heavy atom. The summed E-state index contributed by atoms with van der Waals surface area (Å²) in [7, 11) is 0. The van der Waals surface area contributed by atoms with Crippen LogP contribution in [0.25, 0.3) is 0 Å². The SMILES string of the molecule is CCCC1CCC(CCC2CCC(C#N)CC2)CC1. The van der Waals surface area contributed by atoms with Crippen molar-refractivity contribution in [3.63, 3.8) is 0 Å². The summed E-state index contributed by atoms with van der Waals surface area (Å²) in [5, 5.41) is 8.93. The van der Waals surface area contributed by atoms with Crippen LogP contribution in [0.2, 0.25) is 0 Å². The molecule has 2 fully saturated rings. The van der Waals surface area contributed by atoms with Crippen molar-refractivity contribution in [3.05, 3.63) is 0 Å². The summed E-state index contributed by atoms with van der Waals surface area (Å²) in [6.45, 7) is 2.32. The van der Waals surface area contributed by atoms with E-state index in [0.29, 0.717) is 5.92 Å². The summed E-state index contributed by atoms with van der Waals surface area (Å²) >= 11 is 0. The zero-order valence-corrected chi connectivity index (χ0v) is 12.7. The van der Waals surface area contributed by atoms with Crippen molar-refractivity contribution in [2.24, 2.45) is 23.7 Å². The molecule has 0 aliphatic heterocycles. The van der Waals surface area contributed by atoms with Gasteiger partial charge in [-0.2, -0.15) is 5.26 Å². The topological polar surface area (TPSA) is 23.8 Å². The highest BCUT2D eigenvalue weighted by Crippen LogP contribution is 2.37. The highest BCUT2D eigenvalue weighted by Gasteiger charge is 2.24. The first-order valence-electron chi connectivity index (χ1n) is 8.71. The lowest BCUT2D eigenvalue weighted by Crippen LogP contribution is -2.17. The largest absolute Gasteiger partial charge is 0.198 e.